The maximum absolute atomic E-state index is 9.75. The van der Waals surface area contributed by atoms with Gasteiger partial charge in [-0.3, -0.25) is 0 Å². The van der Waals surface area contributed by atoms with Crippen molar-refractivity contribution in [3.63, 3.8) is 0 Å². The Labute approximate surface area is 276 Å². The average molecular weight is 747 g/mol. The van der Waals surface area contributed by atoms with Crippen LogP contribution >= 0.6 is 7.92 Å². The molecule has 0 aromatic heterocycles. The SMILES string of the molecule is C[C@H](c1ccccc1[Si](C)(C)C)P(c1ccccc1)c1ccccc1.F[B-](F)(F)F.[C-]#[O+].[C-]#[O+].[C-]#[O+].[CH2][C]([CH2])C.[Cr].[Pd+2]. The number of rotatable bonds is 5. The molecule has 0 saturated carbocycles. The minimum Gasteiger partial charge on any atom is -0.0591 e. The number of hydrogen-bond donors (Lipinski definition) is 0. The second-order valence-electron chi connectivity index (χ2n) is 9.01. The van der Waals surface area contributed by atoms with Crippen molar-refractivity contribution in [3.8, 4) is 0 Å². The van der Waals surface area contributed by atoms with E-state index in [4.69, 9.17) is 14.0 Å². The first-order chi connectivity index (χ1) is 18.7. The second-order valence-corrected chi connectivity index (χ2v) is 16.6. The van der Waals surface area contributed by atoms with Gasteiger partial charge in [0.1, 0.15) is 0 Å². The van der Waals surface area contributed by atoms with Crippen LogP contribution in [0, 0.1) is 39.7 Å². The fraction of sp³-hybridized carbons (Fsp3) is 0.200. The summed E-state index contributed by atoms with van der Waals surface area (Å²) in [5.41, 5.74) is 2.04. The molecule has 3 nitrogen and oxygen atoms in total. The molecule has 0 heterocycles. The third-order valence-electron chi connectivity index (χ3n) is 4.67. The van der Waals surface area contributed by atoms with Crippen molar-refractivity contribution in [2.75, 3.05) is 0 Å². The summed E-state index contributed by atoms with van der Waals surface area (Å²) in [6.07, 6.45) is 0. The van der Waals surface area contributed by atoms with Gasteiger partial charge < -0.3 is 17.3 Å². The maximum atomic E-state index is 9.75. The van der Waals surface area contributed by atoms with Crippen LogP contribution in [0.1, 0.15) is 25.1 Å². The first kappa shape index (κ1) is 50.1. The van der Waals surface area contributed by atoms with E-state index in [2.05, 4.69) is 145 Å². The second kappa shape index (κ2) is 28.3. The molecule has 3 radical (unpaired) electrons. The van der Waals surface area contributed by atoms with E-state index in [-0.39, 0.29) is 37.8 Å². The largest absolute Gasteiger partial charge is 2.00 e. The zero-order valence-corrected chi connectivity index (χ0v) is 28.8. The third kappa shape index (κ3) is 24.0. The van der Waals surface area contributed by atoms with E-state index < -0.39 is 23.2 Å². The molecule has 0 aliphatic heterocycles. The van der Waals surface area contributed by atoms with Crippen molar-refractivity contribution in [1.82, 2.24) is 0 Å². The van der Waals surface area contributed by atoms with Crippen molar-refractivity contribution in [2.45, 2.75) is 39.1 Å². The van der Waals surface area contributed by atoms with Crippen LogP contribution in [0.3, 0.4) is 0 Å². The molecule has 0 spiro atoms. The van der Waals surface area contributed by atoms with Gasteiger partial charge in [0, 0.05) is 23.0 Å². The van der Waals surface area contributed by atoms with Crippen molar-refractivity contribution in [2.24, 2.45) is 0 Å². The van der Waals surface area contributed by atoms with E-state index in [1.54, 1.807) is 10.8 Å². The van der Waals surface area contributed by atoms with Gasteiger partial charge in [0.25, 0.3) is 0 Å². The van der Waals surface area contributed by atoms with Gasteiger partial charge in [0.05, 0.1) is 8.07 Å². The minimum absolute atomic E-state index is 0. The molecule has 3 aromatic carbocycles. The van der Waals surface area contributed by atoms with Crippen LogP contribution in [-0.4, -0.2) is 15.3 Å². The van der Waals surface area contributed by atoms with Gasteiger partial charge in [-0.25, -0.2) is 0 Å². The molecule has 3 rings (SSSR count). The quantitative estimate of drug-likeness (QED) is 0.0840. The predicted molar refractivity (Wildman–Crippen MR) is 159 cm³/mol. The van der Waals surface area contributed by atoms with Gasteiger partial charge in [-0.2, -0.15) is 0 Å². The molecule has 227 valence electrons. The summed E-state index contributed by atoms with van der Waals surface area (Å²) in [5.74, 6) is 0.917. The fourth-order valence-corrected chi connectivity index (χ4v) is 8.02. The molecule has 0 aliphatic rings. The van der Waals surface area contributed by atoms with E-state index in [9.17, 15) is 17.3 Å². The summed E-state index contributed by atoms with van der Waals surface area (Å²) in [5, 5.41) is 4.52. The Kier molecular flexibility index (Phi) is 33.8. The molecule has 0 fully saturated rings. The molecule has 3 aromatic rings. The first-order valence-electron chi connectivity index (χ1n) is 11.7. The van der Waals surface area contributed by atoms with Crippen molar-refractivity contribution >= 4 is 39.0 Å². The Balaban J connectivity index is -0.000000228. The van der Waals surface area contributed by atoms with Gasteiger partial charge in [-0.05, 0) is 43.9 Å². The number of benzene rings is 3. The molecule has 0 unspecified atom stereocenters. The van der Waals surface area contributed by atoms with Gasteiger partial charge in [-0.1, -0.05) is 124 Å². The summed E-state index contributed by atoms with van der Waals surface area (Å²) in [7, 11) is -7.81. The predicted octanol–water partition coefficient (Wildman–Crippen LogP) is 7.86. The van der Waals surface area contributed by atoms with Crippen molar-refractivity contribution in [3.05, 3.63) is 130 Å². The van der Waals surface area contributed by atoms with Gasteiger partial charge in [0.15, 0.2) is 0 Å². The topological polar surface area (TPSA) is 59.7 Å². The normalized spacial score (nSPS) is 10.2. The van der Waals surface area contributed by atoms with Crippen molar-refractivity contribution < 1.29 is 69.0 Å². The molecule has 0 aliphatic carbocycles. The zero-order valence-electron chi connectivity index (χ0n) is 24.1. The standard InChI is InChI=1S/C23H27PSi.C4H7.3CO.BF4.Cr.Pd/c1-19(22-17-11-12-18-23(22)25(2,3)4)24(20-13-7-5-8-14-20)21-15-9-6-10-16-21;1-4(2)3;3*1-2;2-1(3,4)5;;/h5-19H,1-4H3;1-2H2,3H3;;;;;;/q;;;;;-1;;+2/t19-;;;;;;;/m1......./s1. The molecule has 0 saturated heterocycles. The molecular formula is C30H34BCrF4O3PPdSi+. The molecular weight excluding hydrogens is 713 g/mol. The molecule has 0 N–H and O–H groups in total. The van der Waals surface area contributed by atoms with Crippen LogP contribution in [-0.2, 0) is 51.7 Å². The number of halogens is 4. The Morgan fingerprint density at radius 2 is 0.976 bits per heavy atom. The summed E-state index contributed by atoms with van der Waals surface area (Å²) in [6.45, 7) is 32.0. The molecule has 12 heteroatoms. The van der Waals surface area contributed by atoms with E-state index in [0.29, 0.717) is 5.66 Å². The Morgan fingerprint density at radius 3 is 1.26 bits per heavy atom. The summed E-state index contributed by atoms with van der Waals surface area (Å²) < 4.78 is 61.5. The maximum Gasteiger partial charge on any atom is 2.00 e. The monoisotopic (exact) mass is 746 g/mol. The van der Waals surface area contributed by atoms with Gasteiger partial charge in [-0.15, -0.1) is 0 Å². The van der Waals surface area contributed by atoms with Crippen molar-refractivity contribution in [1.29, 1.82) is 0 Å². The summed E-state index contributed by atoms with van der Waals surface area (Å²) in [4.78, 5) is 0. The van der Waals surface area contributed by atoms with E-state index in [0.717, 1.165) is 5.92 Å². The van der Waals surface area contributed by atoms with E-state index in [1.165, 1.54) is 10.6 Å². The Morgan fingerprint density at radius 1 is 0.714 bits per heavy atom. The Bertz CT molecular complexity index is 1050. The van der Waals surface area contributed by atoms with Crippen LogP contribution in [0.5, 0.6) is 0 Å². The molecule has 0 amide bonds. The third-order valence-corrected chi connectivity index (χ3v) is 9.51. The van der Waals surface area contributed by atoms with Crippen LogP contribution < -0.4 is 15.8 Å². The molecule has 42 heavy (non-hydrogen) atoms. The summed E-state index contributed by atoms with van der Waals surface area (Å²) >= 11 is 0. The molecule has 0 bridgehead atoms. The smallest absolute Gasteiger partial charge is 0.0591 e. The summed E-state index contributed by atoms with van der Waals surface area (Å²) in [6, 6.07) is 31.2. The first-order valence-corrected chi connectivity index (χ1v) is 16.6. The van der Waals surface area contributed by atoms with E-state index >= 15 is 0 Å². The van der Waals surface area contributed by atoms with Gasteiger partial charge >= 0.3 is 61.6 Å². The zero-order chi connectivity index (χ0) is 31.9. The fourth-order valence-electron chi connectivity index (χ4n) is 3.46. The minimum atomic E-state index is -6.00. The average Bonchev–Trinajstić information content (AvgIpc) is 2.92. The van der Waals surface area contributed by atoms with Crippen LogP contribution in [0.25, 0.3) is 0 Å². The Hall–Kier alpha value is -1.49. The van der Waals surface area contributed by atoms with Crippen LogP contribution in [0.15, 0.2) is 84.9 Å². The van der Waals surface area contributed by atoms with E-state index in [1.807, 2.05) is 6.92 Å². The van der Waals surface area contributed by atoms with Crippen LogP contribution in [0.4, 0.5) is 17.3 Å². The molecule has 1 atom stereocenters. The number of hydrogen-bond acceptors (Lipinski definition) is 0. The van der Waals surface area contributed by atoms with Crippen LogP contribution in [0.2, 0.25) is 19.6 Å². The van der Waals surface area contributed by atoms with Gasteiger partial charge in [0.2, 0.25) is 0 Å².